The van der Waals surface area contributed by atoms with Crippen molar-refractivity contribution in [3.8, 4) is 0 Å². The van der Waals surface area contributed by atoms with Crippen LogP contribution in [0.5, 0.6) is 0 Å². The molecule has 18 heavy (non-hydrogen) atoms. The summed E-state index contributed by atoms with van der Waals surface area (Å²) in [5, 5.41) is 3.49. The van der Waals surface area contributed by atoms with E-state index in [0.29, 0.717) is 30.1 Å². The van der Waals surface area contributed by atoms with E-state index < -0.39 is 0 Å². The molecule has 102 valence electrons. The van der Waals surface area contributed by atoms with Gasteiger partial charge in [-0.15, -0.1) is 11.3 Å². The number of hydrogen-bond donors (Lipinski definition) is 1. The molecule has 1 fully saturated rings. The van der Waals surface area contributed by atoms with Crippen molar-refractivity contribution in [2.45, 2.75) is 45.9 Å². The van der Waals surface area contributed by atoms with Crippen molar-refractivity contribution in [1.82, 2.24) is 5.32 Å². The van der Waals surface area contributed by atoms with Crippen LogP contribution < -0.4 is 5.32 Å². The highest BCUT2D eigenvalue weighted by molar-refractivity contribution is 9.10. The Balaban J connectivity index is 2.28. The lowest BCUT2D eigenvalue weighted by atomic mass is 9.83. The molecule has 2 nitrogen and oxygen atoms in total. The molecule has 5 atom stereocenters. The minimum absolute atomic E-state index is 0.314. The van der Waals surface area contributed by atoms with Gasteiger partial charge < -0.3 is 10.1 Å². The van der Waals surface area contributed by atoms with Crippen molar-refractivity contribution < 1.29 is 4.74 Å². The number of aryl methyl sites for hydroxylation is 1. The molecular weight excluding hydrogens is 310 g/mol. The molecule has 0 bridgehead atoms. The zero-order valence-corrected chi connectivity index (χ0v) is 14.1. The molecule has 0 saturated carbocycles. The maximum absolute atomic E-state index is 5.98. The van der Waals surface area contributed by atoms with E-state index in [1.54, 1.807) is 0 Å². The second kappa shape index (κ2) is 5.61. The summed E-state index contributed by atoms with van der Waals surface area (Å²) in [6.45, 7) is 8.85. The molecule has 0 aromatic carbocycles. The topological polar surface area (TPSA) is 21.3 Å². The summed E-state index contributed by atoms with van der Waals surface area (Å²) in [6, 6.07) is 2.64. The first-order chi connectivity index (χ1) is 8.45. The summed E-state index contributed by atoms with van der Waals surface area (Å²) in [5.74, 6) is 1.12. The summed E-state index contributed by atoms with van der Waals surface area (Å²) in [6.07, 6.45) is 0.666. The zero-order chi connectivity index (χ0) is 13.4. The highest BCUT2D eigenvalue weighted by Crippen LogP contribution is 2.43. The maximum Gasteiger partial charge on any atom is 0.0600 e. The van der Waals surface area contributed by atoms with Crippen LogP contribution >= 0.6 is 27.3 Å². The van der Waals surface area contributed by atoms with Gasteiger partial charge in [0.25, 0.3) is 0 Å². The lowest BCUT2D eigenvalue weighted by Gasteiger charge is -2.27. The van der Waals surface area contributed by atoms with E-state index in [-0.39, 0.29) is 0 Å². The van der Waals surface area contributed by atoms with Gasteiger partial charge in [0.15, 0.2) is 0 Å². The van der Waals surface area contributed by atoms with Gasteiger partial charge in [-0.05, 0) is 55.7 Å². The van der Waals surface area contributed by atoms with Gasteiger partial charge in [0.05, 0.1) is 12.2 Å². The lowest BCUT2D eigenvalue weighted by Crippen LogP contribution is -2.32. The number of thiophene rings is 1. The second-order valence-electron chi connectivity index (χ2n) is 5.30. The van der Waals surface area contributed by atoms with Crippen molar-refractivity contribution >= 4 is 27.3 Å². The normalized spacial score (nSPS) is 33.9. The Labute approximate surface area is 122 Å². The van der Waals surface area contributed by atoms with Crippen molar-refractivity contribution in [3.05, 3.63) is 20.3 Å². The molecule has 1 aromatic rings. The first-order valence-corrected chi connectivity index (χ1v) is 8.15. The maximum atomic E-state index is 5.98. The van der Waals surface area contributed by atoms with Gasteiger partial charge in [0.1, 0.15) is 0 Å². The summed E-state index contributed by atoms with van der Waals surface area (Å²) < 4.78 is 7.20. The van der Waals surface area contributed by atoms with Gasteiger partial charge in [-0.25, -0.2) is 0 Å². The molecule has 1 N–H and O–H groups in total. The number of rotatable bonds is 3. The van der Waals surface area contributed by atoms with E-state index in [1.807, 2.05) is 11.3 Å². The third kappa shape index (κ3) is 2.53. The van der Waals surface area contributed by atoms with Crippen LogP contribution in [0.2, 0.25) is 0 Å². The average Bonchev–Trinajstić information content (AvgIpc) is 2.75. The van der Waals surface area contributed by atoms with Gasteiger partial charge in [0.2, 0.25) is 0 Å². The van der Waals surface area contributed by atoms with Gasteiger partial charge in [-0.1, -0.05) is 6.92 Å². The predicted molar refractivity (Wildman–Crippen MR) is 81.2 cm³/mol. The van der Waals surface area contributed by atoms with E-state index in [4.69, 9.17) is 4.74 Å². The zero-order valence-electron chi connectivity index (χ0n) is 11.7. The highest BCUT2D eigenvalue weighted by Gasteiger charge is 2.42. The fourth-order valence-corrected chi connectivity index (χ4v) is 4.76. The van der Waals surface area contributed by atoms with Gasteiger partial charge >= 0.3 is 0 Å². The monoisotopic (exact) mass is 331 g/mol. The minimum Gasteiger partial charge on any atom is -0.375 e. The largest absolute Gasteiger partial charge is 0.375 e. The van der Waals surface area contributed by atoms with Crippen molar-refractivity contribution in [3.63, 3.8) is 0 Å². The van der Waals surface area contributed by atoms with Crippen LogP contribution in [0.3, 0.4) is 0 Å². The number of hydrogen-bond acceptors (Lipinski definition) is 3. The van der Waals surface area contributed by atoms with Crippen molar-refractivity contribution in [2.75, 3.05) is 7.05 Å². The Morgan fingerprint density at radius 1 is 1.33 bits per heavy atom. The molecular formula is C14H22BrNOS. The fourth-order valence-electron chi connectivity index (χ4n) is 3.03. The van der Waals surface area contributed by atoms with Crippen LogP contribution in [0.1, 0.15) is 36.6 Å². The van der Waals surface area contributed by atoms with Gasteiger partial charge in [-0.2, -0.15) is 0 Å². The summed E-state index contributed by atoms with van der Waals surface area (Å²) in [4.78, 5) is 2.75. The molecule has 2 rings (SSSR count). The lowest BCUT2D eigenvalue weighted by molar-refractivity contribution is 0.0479. The van der Waals surface area contributed by atoms with Crippen molar-refractivity contribution in [1.29, 1.82) is 0 Å². The smallest absolute Gasteiger partial charge is 0.0600 e. The van der Waals surface area contributed by atoms with Gasteiger partial charge in [0, 0.05) is 26.2 Å². The summed E-state index contributed by atoms with van der Waals surface area (Å²) in [5.41, 5.74) is 0. The average molecular weight is 332 g/mol. The molecule has 2 heterocycles. The highest BCUT2D eigenvalue weighted by atomic mass is 79.9. The SMILES string of the molecule is CNC(c1cc(Br)c(C)s1)C1C(C)OC(C)C1C. The first kappa shape index (κ1) is 14.5. The van der Waals surface area contributed by atoms with Crippen LogP contribution in [0.4, 0.5) is 0 Å². The summed E-state index contributed by atoms with van der Waals surface area (Å²) >= 11 is 5.49. The molecule has 5 unspecified atom stereocenters. The molecule has 1 aliphatic heterocycles. The molecule has 0 spiro atoms. The van der Waals surface area contributed by atoms with Crippen LogP contribution in [-0.4, -0.2) is 19.3 Å². The molecule has 1 saturated heterocycles. The molecule has 1 aliphatic rings. The third-order valence-electron chi connectivity index (χ3n) is 4.20. The van der Waals surface area contributed by atoms with E-state index in [0.717, 1.165) is 0 Å². The van der Waals surface area contributed by atoms with E-state index in [9.17, 15) is 0 Å². The van der Waals surface area contributed by atoms with E-state index in [2.05, 4.69) is 62.1 Å². The third-order valence-corrected chi connectivity index (χ3v) is 6.42. The second-order valence-corrected chi connectivity index (χ2v) is 7.44. The first-order valence-electron chi connectivity index (χ1n) is 6.54. The van der Waals surface area contributed by atoms with Crippen LogP contribution in [0.25, 0.3) is 0 Å². The van der Waals surface area contributed by atoms with Crippen LogP contribution in [-0.2, 0) is 4.74 Å². The van der Waals surface area contributed by atoms with E-state index >= 15 is 0 Å². The molecule has 4 heteroatoms. The minimum atomic E-state index is 0.314. The summed E-state index contributed by atoms with van der Waals surface area (Å²) in [7, 11) is 2.05. The molecule has 0 radical (unpaired) electrons. The Kier molecular flexibility index (Phi) is 4.52. The van der Waals surface area contributed by atoms with E-state index in [1.165, 1.54) is 14.2 Å². The number of halogens is 1. The Bertz CT molecular complexity index is 400. The molecule has 0 aliphatic carbocycles. The van der Waals surface area contributed by atoms with Crippen LogP contribution in [0.15, 0.2) is 10.5 Å². The standard InChI is InChI=1S/C14H22BrNOS/c1-7-8(2)17-9(3)13(7)14(16-5)12-6-11(15)10(4)18-12/h6-9,13-14,16H,1-5H3. The molecule has 0 amide bonds. The Morgan fingerprint density at radius 2 is 2.00 bits per heavy atom. The Hall–Kier alpha value is 0.1000. The van der Waals surface area contributed by atoms with Crippen LogP contribution in [0, 0.1) is 18.8 Å². The number of nitrogens with one attached hydrogen (secondary N) is 1. The van der Waals surface area contributed by atoms with Gasteiger partial charge in [-0.3, -0.25) is 0 Å². The fraction of sp³-hybridized carbons (Fsp3) is 0.714. The predicted octanol–water partition coefficient (Wildman–Crippen LogP) is 4.14. The number of ether oxygens (including phenoxy) is 1. The quantitative estimate of drug-likeness (QED) is 0.898. The molecule has 1 aromatic heterocycles. The van der Waals surface area contributed by atoms with Crippen molar-refractivity contribution in [2.24, 2.45) is 11.8 Å². The Morgan fingerprint density at radius 3 is 2.39 bits per heavy atom.